The summed E-state index contributed by atoms with van der Waals surface area (Å²) in [4.78, 5) is 9.93. The molecule has 1 aliphatic heterocycles. The topological polar surface area (TPSA) is 40.0 Å². The van der Waals surface area contributed by atoms with Crippen LogP contribution in [-0.2, 0) is 0 Å². The summed E-state index contributed by atoms with van der Waals surface area (Å²) >= 11 is 0. The summed E-state index contributed by atoms with van der Waals surface area (Å²) in [5.41, 5.74) is 0. The molecule has 0 aromatic heterocycles. The zero-order chi connectivity index (χ0) is 8.81. The highest BCUT2D eigenvalue weighted by molar-refractivity contribution is 5.84. The van der Waals surface area contributed by atoms with Gasteiger partial charge in [-0.15, -0.1) is 0 Å². The first-order valence-corrected chi connectivity index (χ1v) is 3.99. The van der Waals surface area contributed by atoms with Crippen LogP contribution in [0.1, 0.15) is 0 Å². The molecule has 0 aromatic rings. The minimum atomic E-state index is 0.673. The molecule has 0 radical (unpaired) electrons. The molecule has 4 heteroatoms. The van der Waals surface area contributed by atoms with Crippen molar-refractivity contribution in [1.29, 1.82) is 0 Å². The Morgan fingerprint density at radius 2 is 2.08 bits per heavy atom. The van der Waals surface area contributed by atoms with Crippen LogP contribution in [0, 0.1) is 0 Å². The third-order valence-electron chi connectivity index (χ3n) is 1.75. The van der Waals surface area contributed by atoms with Gasteiger partial charge in [-0.05, 0) is 6.72 Å². The zero-order valence-corrected chi connectivity index (χ0v) is 7.16. The molecule has 12 heavy (non-hydrogen) atoms. The molecule has 1 aliphatic rings. The second kappa shape index (κ2) is 4.66. The van der Waals surface area contributed by atoms with Gasteiger partial charge in [0, 0.05) is 32.4 Å². The van der Waals surface area contributed by atoms with Crippen molar-refractivity contribution in [2.24, 2.45) is 9.98 Å². The Morgan fingerprint density at radius 1 is 1.42 bits per heavy atom. The highest BCUT2D eigenvalue weighted by Crippen LogP contribution is 1.96. The van der Waals surface area contributed by atoms with Crippen LogP contribution in [0.25, 0.3) is 0 Å². The fraction of sp³-hybridized carbons (Fsp3) is 0.500. The molecule has 0 aliphatic carbocycles. The quantitative estimate of drug-likeness (QED) is 0.443. The van der Waals surface area contributed by atoms with E-state index in [1.54, 1.807) is 0 Å². The predicted octanol–water partition coefficient (Wildman–Crippen LogP) is 0.0917. The maximum Gasteiger partial charge on any atom is 0.224 e. The number of rotatable bonds is 1. The summed E-state index contributed by atoms with van der Waals surface area (Å²) in [5, 5.41) is 3.25. The second-order valence-electron chi connectivity index (χ2n) is 2.51. The van der Waals surface area contributed by atoms with Gasteiger partial charge in [0.2, 0.25) is 5.96 Å². The maximum atomic E-state index is 4.02. The number of aliphatic imine (C=N–C) groups is 2. The molecule has 0 atom stereocenters. The average molecular weight is 166 g/mol. The summed E-state index contributed by atoms with van der Waals surface area (Å²) in [6, 6.07) is 0. The predicted molar refractivity (Wildman–Crippen MR) is 51.6 cm³/mol. The Kier molecular flexibility index (Phi) is 3.47. The highest BCUT2D eigenvalue weighted by Gasteiger charge is 2.11. The number of guanidine groups is 1. The molecule has 4 nitrogen and oxygen atoms in total. The normalized spacial score (nSPS) is 19.0. The van der Waals surface area contributed by atoms with Crippen LogP contribution in [0.4, 0.5) is 0 Å². The molecule has 0 unspecified atom stereocenters. The summed E-state index contributed by atoms with van der Waals surface area (Å²) < 4.78 is 0. The number of hydrogen-bond acceptors (Lipinski definition) is 2. The largest absolute Gasteiger partial charge is 0.338 e. The Bertz CT molecular complexity index is 191. The van der Waals surface area contributed by atoms with Crippen LogP contribution in [0.5, 0.6) is 0 Å². The Labute approximate surface area is 72.7 Å². The first-order valence-electron chi connectivity index (χ1n) is 3.99. The van der Waals surface area contributed by atoms with E-state index in [0.29, 0.717) is 5.96 Å². The fourth-order valence-electron chi connectivity index (χ4n) is 1.17. The van der Waals surface area contributed by atoms with Gasteiger partial charge in [0.05, 0.1) is 0 Å². The van der Waals surface area contributed by atoms with Gasteiger partial charge >= 0.3 is 0 Å². The average Bonchev–Trinajstić information content (AvgIpc) is 2.15. The van der Waals surface area contributed by atoms with Crippen LogP contribution in [0.2, 0.25) is 0 Å². The minimum Gasteiger partial charge on any atom is -0.338 e. The van der Waals surface area contributed by atoms with E-state index in [1.165, 1.54) is 6.20 Å². The lowest BCUT2D eigenvalue weighted by molar-refractivity contribution is 0.354. The summed E-state index contributed by atoms with van der Waals surface area (Å²) in [5.74, 6) is 0.673. The van der Waals surface area contributed by atoms with Crippen LogP contribution >= 0.6 is 0 Å². The minimum absolute atomic E-state index is 0.673. The van der Waals surface area contributed by atoms with Crippen LogP contribution in [0.3, 0.4) is 0 Å². The van der Waals surface area contributed by atoms with Crippen LogP contribution in [0.15, 0.2) is 22.8 Å². The van der Waals surface area contributed by atoms with Gasteiger partial charge < -0.3 is 10.2 Å². The molecule has 1 N–H and O–H groups in total. The van der Waals surface area contributed by atoms with E-state index < -0.39 is 0 Å². The van der Waals surface area contributed by atoms with E-state index in [1.807, 2.05) is 0 Å². The van der Waals surface area contributed by atoms with Crippen LogP contribution < -0.4 is 5.32 Å². The standard InChI is InChI=1S/C8H14N4/c1-3-11-8(9-2)12-6-4-10-5-7-12/h3,10H,1-2,4-7H2. The highest BCUT2D eigenvalue weighted by atomic mass is 15.3. The van der Waals surface area contributed by atoms with Crippen LogP contribution in [-0.4, -0.2) is 43.8 Å². The monoisotopic (exact) mass is 166 g/mol. The van der Waals surface area contributed by atoms with Crippen molar-refractivity contribution in [3.63, 3.8) is 0 Å². The number of nitrogens with zero attached hydrogens (tertiary/aromatic N) is 3. The van der Waals surface area contributed by atoms with Gasteiger partial charge in [-0.2, -0.15) is 0 Å². The first kappa shape index (κ1) is 8.93. The molecule has 0 amide bonds. The zero-order valence-electron chi connectivity index (χ0n) is 7.16. The van der Waals surface area contributed by atoms with E-state index in [2.05, 4.69) is 33.5 Å². The van der Waals surface area contributed by atoms with Crippen molar-refractivity contribution in [3.8, 4) is 0 Å². The Balaban J connectivity index is 2.57. The summed E-state index contributed by atoms with van der Waals surface area (Å²) in [7, 11) is 0. The molecular formula is C8H14N4. The van der Waals surface area contributed by atoms with Gasteiger partial charge in [0.1, 0.15) is 0 Å². The SMILES string of the molecule is C=CN=C(N=C)N1CCNCC1. The van der Waals surface area contributed by atoms with Gasteiger partial charge in [-0.25, -0.2) is 9.98 Å². The lowest BCUT2D eigenvalue weighted by Crippen LogP contribution is -2.45. The van der Waals surface area contributed by atoms with Gasteiger partial charge in [0.15, 0.2) is 0 Å². The summed E-state index contributed by atoms with van der Waals surface area (Å²) in [6.07, 6.45) is 1.49. The lowest BCUT2D eigenvalue weighted by atomic mass is 10.4. The maximum absolute atomic E-state index is 4.02. The molecule has 1 fully saturated rings. The van der Waals surface area contributed by atoms with E-state index in [0.717, 1.165) is 26.2 Å². The van der Waals surface area contributed by atoms with Crippen molar-refractivity contribution >= 4 is 12.7 Å². The molecule has 1 saturated heterocycles. The van der Waals surface area contributed by atoms with Crippen molar-refractivity contribution in [3.05, 3.63) is 12.8 Å². The van der Waals surface area contributed by atoms with E-state index in [4.69, 9.17) is 0 Å². The molecule has 1 rings (SSSR count). The molecule has 1 heterocycles. The van der Waals surface area contributed by atoms with E-state index in [-0.39, 0.29) is 0 Å². The molecule has 0 aromatic carbocycles. The van der Waals surface area contributed by atoms with Crippen molar-refractivity contribution in [2.75, 3.05) is 26.2 Å². The van der Waals surface area contributed by atoms with Crippen molar-refractivity contribution in [1.82, 2.24) is 10.2 Å². The Morgan fingerprint density at radius 3 is 2.58 bits per heavy atom. The van der Waals surface area contributed by atoms with Crippen molar-refractivity contribution in [2.45, 2.75) is 0 Å². The lowest BCUT2D eigenvalue weighted by Gasteiger charge is -2.27. The first-order chi connectivity index (χ1) is 5.88. The van der Waals surface area contributed by atoms with E-state index in [9.17, 15) is 0 Å². The number of hydrogen-bond donors (Lipinski definition) is 1. The number of nitrogens with one attached hydrogen (secondary N) is 1. The summed E-state index contributed by atoms with van der Waals surface area (Å²) in [6.45, 7) is 10.8. The molecule has 0 bridgehead atoms. The third-order valence-corrected chi connectivity index (χ3v) is 1.75. The molecule has 0 spiro atoms. The molecule has 0 saturated carbocycles. The van der Waals surface area contributed by atoms with Crippen molar-refractivity contribution < 1.29 is 0 Å². The van der Waals surface area contributed by atoms with Gasteiger partial charge in [0.25, 0.3) is 0 Å². The fourth-order valence-corrected chi connectivity index (χ4v) is 1.17. The van der Waals surface area contributed by atoms with Gasteiger partial charge in [-0.1, -0.05) is 6.58 Å². The van der Waals surface area contributed by atoms with E-state index >= 15 is 0 Å². The second-order valence-corrected chi connectivity index (χ2v) is 2.51. The molecule has 66 valence electrons. The number of piperazine rings is 1. The molecular weight excluding hydrogens is 152 g/mol. The third kappa shape index (κ3) is 2.17. The smallest absolute Gasteiger partial charge is 0.224 e. The Hall–Kier alpha value is -1.16. The van der Waals surface area contributed by atoms with Gasteiger partial charge in [-0.3, -0.25) is 0 Å².